The second kappa shape index (κ2) is 6.80. The normalized spacial score (nSPS) is 23.3. The number of carbonyl (C=O) groups excluding carboxylic acids is 1. The Balaban J connectivity index is 1.78. The number of aromatic nitrogens is 1. The summed E-state index contributed by atoms with van der Waals surface area (Å²) < 4.78 is 39.6. The topological polar surface area (TPSA) is 33.2 Å². The van der Waals surface area contributed by atoms with E-state index in [1.165, 1.54) is 4.90 Å². The van der Waals surface area contributed by atoms with E-state index in [2.05, 4.69) is 6.92 Å². The molecule has 2 atom stereocenters. The lowest BCUT2D eigenvalue weighted by Gasteiger charge is -2.35. The summed E-state index contributed by atoms with van der Waals surface area (Å²) >= 11 is 0. The highest BCUT2D eigenvalue weighted by Crippen LogP contribution is 2.36. The van der Waals surface area contributed by atoms with E-state index >= 15 is 0 Å². The maximum atomic E-state index is 13.4. The van der Waals surface area contributed by atoms with Gasteiger partial charge in [0, 0.05) is 24.2 Å². The molecule has 1 fully saturated rings. The van der Waals surface area contributed by atoms with Crippen LogP contribution in [-0.2, 0) is 12.8 Å². The van der Waals surface area contributed by atoms with Gasteiger partial charge in [0.05, 0.1) is 17.0 Å². The Kier molecular flexibility index (Phi) is 4.60. The van der Waals surface area contributed by atoms with Crippen LogP contribution < -0.4 is 0 Å². The van der Waals surface area contributed by atoms with Crippen LogP contribution in [0.25, 0.3) is 10.9 Å². The van der Waals surface area contributed by atoms with Crippen LogP contribution in [0, 0.1) is 11.8 Å². The van der Waals surface area contributed by atoms with E-state index in [0.29, 0.717) is 24.4 Å². The molecule has 1 aromatic carbocycles. The van der Waals surface area contributed by atoms with Crippen molar-refractivity contribution in [3.05, 3.63) is 41.1 Å². The van der Waals surface area contributed by atoms with Crippen molar-refractivity contribution in [1.29, 1.82) is 0 Å². The van der Waals surface area contributed by atoms with Crippen molar-refractivity contribution in [2.45, 2.75) is 45.2 Å². The fraction of sp³-hybridized carbons (Fsp3) is 0.524. The molecule has 0 saturated carbocycles. The predicted molar refractivity (Wildman–Crippen MR) is 97.6 cm³/mol. The summed E-state index contributed by atoms with van der Waals surface area (Å²) in [5, 5.41) is 0.754. The van der Waals surface area contributed by atoms with Crippen LogP contribution >= 0.6 is 0 Å². The first-order chi connectivity index (χ1) is 12.8. The van der Waals surface area contributed by atoms with Crippen molar-refractivity contribution in [3.8, 4) is 0 Å². The van der Waals surface area contributed by atoms with Crippen LogP contribution in [0.4, 0.5) is 13.2 Å². The smallest absolute Gasteiger partial charge is 0.338 e. The number of halogens is 3. The highest BCUT2D eigenvalue weighted by molar-refractivity contribution is 6.07. The van der Waals surface area contributed by atoms with Crippen molar-refractivity contribution in [1.82, 2.24) is 9.88 Å². The van der Waals surface area contributed by atoms with Crippen LogP contribution in [0.5, 0.6) is 0 Å². The summed E-state index contributed by atoms with van der Waals surface area (Å²) in [5.41, 5.74) is 3.19. The van der Waals surface area contributed by atoms with E-state index in [4.69, 9.17) is 4.98 Å². The number of alkyl halides is 3. The number of piperidine rings is 1. The molecule has 0 spiro atoms. The van der Waals surface area contributed by atoms with Gasteiger partial charge in [-0.05, 0) is 49.7 Å². The lowest BCUT2D eigenvalue weighted by atomic mass is 9.83. The van der Waals surface area contributed by atoms with E-state index in [0.717, 1.165) is 41.4 Å². The van der Waals surface area contributed by atoms with Crippen LogP contribution in [0.3, 0.4) is 0 Å². The zero-order valence-corrected chi connectivity index (χ0v) is 15.4. The molecular formula is C21H23F3N2O. The number of fused-ring (bicyclic) bond motifs is 2. The molecule has 3 nitrogen and oxygen atoms in total. The molecule has 1 aromatic heterocycles. The lowest BCUT2D eigenvalue weighted by Crippen LogP contribution is -2.45. The lowest BCUT2D eigenvalue weighted by molar-refractivity contribution is -0.184. The van der Waals surface area contributed by atoms with Gasteiger partial charge in [0.2, 0.25) is 0 Å². The molecule has 1 amide bonds. The van der Waals surface area contributed by atoms with Gasteiger partial charge in [0.1, 0.15) is 0 Å². The number of hydrogen-bond donors (Lipinski definition) is 0. The molecule has 1 aliphatic carbocycles. The first-order valence-electron chi connectivity index (χ1n) is 9.61. The molecular weight excluding hydrogens is 353 g/mol. The van der Waals surface area contributed by atoms with E-state index in [1.54, 1.807) is 0 Å². The number of pyridine rings is 1. The number of para-hydroxylation sites is 1. The third kappa shape index (κ3) is 3.42. The van der Waals surface area contributed by atoms with Crippen molar-refractivity contribution in [2.24, 2.45) is 11.8 Å². The number of likely N-dealkylation sites (tertiary alicyclic amines) is 1. The molecule has 2 unspecified atom stereocenters. The number of benzene rings is 1. The summed E-state index contributed by atoms with van der Waals surface area (Å²) in [7, 11) is 0. The van der Waals surface area contributed by atoms with Gasteiger partial charge in [0.15, 0.2) is 0 Å². The zero-order chi connectivity index (χ0) is 19.2. The molecule has 0 radical (unpaired) electrons. The summed E-state index contributed by atoms with van der Waals surface area (Å²) in [6, 6.07) is 7.47. The molecule has 2 aliphatic rings. The van der Waals surface area contributed by atoms with Crippen LogP contribution in [0.2, 0.25) is 0 Å². The SMILES string of the molecule is CC1CCc2nc3ccccc3c(C(=O)N3CCCC(C(F)(F)F)C3)c2C1. The average molecular weight is 376 g/mol. The molecule has 2 aromatic rings. The Morgan fingerprint density at radius 1 is 1.22 bits per heavy atom. The van der Waals surface area contributed by atoms with Gasteiger partial charge >= 0.3 is 6.18 Å². The molecule has 2 heterocycles. The molecule has 1 aliphatic heterocycles. The van der Waals surface area contributed by atoms with Crippen LogP contribution in [-0.4, -0.2) is 35.1 Å². The second-order valence-corrected chi connectivity index (χ2v) is 7.91. The fourth-order valence-electron chi connectivity index (χ4n) is 4.39. The van der Waals surface area contributed by atoms with Crippen molar-refractivity contribution in [3.63, 3.8) is 0 Å². The van der Waals surface area contributed by atoms with Crippen molar-refractivity contribution < 1.29 is 18.0 Å². The highest BCUT2D eigenvalue weighted by Gasteiger charge is 2.43. The number of hydrogen-bond acceptors (Lipinski definition) is 2. The summed E-state index contributed by atoms with van der Waals surface area (Å²) in [6.45, 7) is 2.28. The Morgan fingerprint density at radius 2 is 2.00 bits per heavy atom. The molecule has 6 heteroatoms. The van der Waals surface area contributed by atoms with Crippen LogP contribution in [0.15, 0.2) is 24.3 Å². The number of amides is 1. The quantitative estimate of drug-likeness (QED) is 0.718. The molecule has 1 saturated heterocycles. The summed E-state index contributed by atoms with van der Waals surface area (Å²) in [6.07, 6.45) is -1.19. The minimum Gasteiger partial charge on any atom is -0.338 e. The predicted octanol–water partition coefficient (Wildman–Crippen LogP) is 4.77. The average Bonchev–Trinajstić information content (AvgIpc) is 2.65. The third-order valence-electron chi connectivity index (χ3n) is 5.89. The number of aryl methyl sites for hydroxylation is 1. The monoisotopic (exact) mass is 376 g/mol. The molecule has 27 heavy (non-hydrogen) atoms. The largest absolute Gasteiger partial charge is 0.393 e. The Hall–Kier alpha value is -2.11. The minimum absolute atomic E-state index is 0.0967. The number of rotatable bonds is 1. The van der Waals surface area contributed by atoms with Gasteiger partial charge in [-0.3, -0.25) is 9.78 Å². The second-order valence-electron chi connectivity index (χ2n) is 7.91. The van der Waals surface area contributed by atoms with Gasteiger partial charge in [-0.1, -0.05) is 25.1 Å². The molecule has 144 valence electrons. The summed E-state index contributed by atoms with van der Waals surface area (Å²) in [5.74, 6) is -1.26. The van der Waals surface area contributed by atoms with E-state index < -0.39 is 12.1 Å². The maximum absolute atomic E-state index is 13.4. The fourth-order valence-corrected chi connectivity index (χ4v) is 4.39. The Labute approximate surface area is 156 Å². The molecule has 0 N–H and O–H groups in total. The minimum atomic E-state index is -4.26. The van der Waals surface area contributed by atoms with E-state index in [-0.39, 0.29) is 18.9 Å². The first-order valence-corrected chi connectivity index (χ1v) is 9.61. The van der Waals surface area contributed by atoms with Gasteiger partial charge in [-0.2, -0.15) is 13.2 Å². The van der Waals surface area contributed by atoms with Gasteiger partial charge in [-0.15, -0.1) is 0 Å². The van der Waals surface area contributed by atoms with Crippen molar-refractivity contribution >= 4 is 16.8 Å². The first kappa shape index (κ1) is 18.3. The Bertz CT molecular complexity index is 878. The maximum Gasteiger partial charge on any atom is 0.393 e. The Morgan fingerprint density at radius 3 is 2.78 bits per heavy atom. The third-order valence-corrected chi connectivity index (χ3v) is 5.89. The van der Waals surface area contributed by atoms with Gasteiger partial charge in [-0.25, -0.2) is 0 Å². The van der Waals surface area contributed by atoms with Crippen molar-refractivity contribution in [2.75, 3.05) is 13.1 Å². The van der Waals surface area contributed by atoms with Gasteiger partial charge < -0.3 is 4.90 Å². The molecule has 4 rings (SSSR count). The molecule has 0 bridgehead atoms. The number of carbonyl (C=O) groups is 1. The highest BCUT2D eigenvalue weighted by atomic mass is 19.4. The van der Waals surface area contributed by atoms with E-state index in [1.807, 2.05) is 24.3 Å². The zero-order valence-electron chi connectivity index (χ0n) is 15.4. The van der Waals surface area contributed by atoms with E-state index in [9.17, 15) is 18.0 Å². The number of nitrogens with zero attached hydrogens (tertiary/aromatic N) is 2. The summed E-state index contributed by atoms with van der Waals surface area (Å²) in [4.78, 5) is 19.5. The van der Waals surface area contributed by atoms with Crippen LogP contribution in [0.1, 0.15) is 47.8 Å². The standard InChI is InChI=1S/C21H23F3N2O/c1-13-8-9-18-16(11-13)19(15-6-2-3-7-17(15)25-18)20(27)26-10-4-5-14(12-26)21(22,23)24/h2-3,6-7,13-14H,4-5,8-12H2,1H3. The van der Waals surface area contributed by atoms with Gasteiger partial charge in [0.25, 0.3) is 5.91 Å².